The Balaban J connectivity index is 2.02. The number of nitrogens with two attached hydrogens (primary N) is 1. The van der Waals surface area contributed by atoms with Gasteiger partial charge in [0.2, 0.25) is 5.12 Å². The Morgan fingerprint density at radius 1 is 0.958 bits per heavy atom. The van der Waals surface area contributed by atoms with Gasteiger partial charge in [-0.2, -0.15) is 0 Å². The van der Waals surface area contributed by atoms with E-state index in [1.54, 1.807) is 17.8 Å². The Hall–Kier alpha value is -2.17. The first-order chi connectivity index (χ1) is 11.6. The van der Waals surface area contributed by atoms with E-state index in [4.69, 9.17) is 5.73 Å². The summed E-state index contributed by atoms with van der Waals surface area (Å²) in [6.45, 7) is 0. The highest BCUT2D eigenvalue weighted by Crippen LogP contribution is 2.38. The average molecular weight is 351 g/mol. The third-order valence-electron chi connectivity index (χ3n) is 3.68. The zero-order chi connectivity index (χ0) is 16.9. The maximum atomic E-state index is 11.7. The van der Waals surface area contributed by atoms with Crippen LogP contribution in [0.1, 0.15) is 15.9 Å². The molecule has 0 aliphatic heterocycles. The fourth-order valence-electron chi connectivity index (χ4n) is 2.52. The Morgan fingerprint density at radius 3 is 2.21 bits per heavy atom. The quantitative estimate of drug-likeness (QED) is 0.372. The molecule has 0 unspecified atom stereocenters. The Kier molecular flexibility index (Phi) is 5.28. The molecule has 0 bridgehead atoms. The minimum Gasteiger partial charge on any atom is -0.398 e. The van der Waals surface area contributed by atoms with Crippen LogP contribution in [0.25, 0.3) is 11.1 Å². The molecule has 3 rings (SSSR count). The number of thiol groups is 1. The number of hydrogen-bond donors (Lipinski definition) is 2. The van der Waals surface area contributed by atoms with E-state index in [1.165, 1.54) is 5.56 Å². The number of thioether (sulfide) groups is 1. The fraction of sp³-hybridized carbons (Fsp3) is 0.0500. The molecule has 2 nitrogen and oxygen atoms in total. The van der Waals surface area contributed by atoms with Crippen LogP contribution in [0, 0.1) is 0 Å². The predicted octanol–water partition coefficient (Wildman–Crippen LogP) is 5.30. The van der Waals surface area contributed by atoms with Crippen LogP contribution in [0.3, 0.4) is 0 Å². The van der Waals surface area contributed by atoms with Gasteiger partial charge < -0.3 is 5.73 Å². The van der Waals surface area contributed by atoms with Gasteiger partial charge >= 0.3 is 0 Å². The van der Waals surface area contributed by atoms with Gasteiger partial charge in [0.05, 0.1) is 0 Å². The van der Waals surface area contributed by atoms with Crippen molar-refractivity contribution in [1.82, 2.24) is 0 Å². The molecule has 0 aliphatic rings. The summed E-state index contributed by atoms with van der Waals surface area (Å²) in [6.07, 6.45) is 0. The lowest BCUT2D eigenvalue weighted by atomic mass is 10.0. The summed E-state index contributed by atoms with van der Waals surface area (Å²) < 4.78 is 0. The van der Waals surface area contributed by atoms with Crippen molar-refractivity contribution in [2.75, 3.05) is 5.73 Å². The van der Waals surface area contributed by atoms with Crippen LogP contribution in [-0.4, -0.2) is 5.12 Å². The highest BCUT2D eigenvalue weighted by atomic mass is 32.2. The second-order valence-electron chi connectivity index (χ2n) is 5.38. The molecule has 0 aromatic heterocycles. The molecule has 0 radical (unpaired) electrons. The molecular formula is C20H17NOS2. The molecule has 4 heteroatoms. The molecule has 24 heavy (non-hydrogen) atoms. The monoisotopic (exact) mass is 351 g/mol. The number of carbonyl (C=O) groups is 1. The Bertz CT molecular complexity index is 848. The average Bonchev–Trinajstić information content (AvgIpc) is 2.61. The van der Waals surface area contributed by atoms with Crippen molar-refractivity contribution >= 4 is 35.2 Å². The third kappa shape index (κ3) is 3.83. The molecule has 0 saturated heterocycles. The normalized spacial score (nSPS) is 10.5. The van der Waals surface area contributed by atoms with E-state index in [2.05, 4.69) is 24.8 Å². The lowest BCUT2D eigenvalue weighted by Gasteiger charge is -2.14. The second kappa shape index (κ2) is 7.60. The summed E-state index contributed by atoms with van der Waals surface area (Å²) in [4.78, 5) is 12.7. The smallest absolute Gasteiger partial charge is 0.216 e. The first-order valence-electron chi connectivity index (χ1n) is 7.54. The summed E-state index contributed by atoms with van der Waals surface area (Å²) in [5.41, 5.74) is 10.6. The number of hydrogen-bond acceptors (Lipinski definition) is 3. The van der Waals surface area contributed by atoms with E-state index < -0.39 is 0 Å². The van der Waals surface area contributed by atoms with Gasteiger partial charge in [-0.1, -0.05) is 60.7 Å². The highest BCUT2D eigenvalue weighted by molar-refractivity contribution is 7.98. The largest absolute Gasteiger partial charge is 0.398 e. The summed E-state index contributed by atoms with van der Waals surface area (Å²) in [5, 5.41) is -0.275. The van der Waals surface area contributed by atoms with Crippen LogP contribution in [0.15, 0.2) is 77.7 Å². The van der Waals surface area contributed by atoms with E-state index in [0.717, 1.165) is 21.8 Å². The number of carbonyl (C=O) groups excluding carboxylic acids is 1. The Morgan fingerprint density at radius 2 is 1.58 bits per heavy atom. The maximum Gasteiger partial charge on any atom is 0.216 e. The Labute approximate surface area is 151 Å². The highest BCUT2D eigenvalue weighted by Gasteiger charge is 2.14. The molecular weight excluding hydrogens is 334 g/mol. The van der Waals surface area contributed by atoms with Gasteiger partial charge in [-0.05, 0) is 23.3 Å². The van der Waals surface area contributed by atoms with Crippen LogP contribution in [0.4, 0.5) is 5.69 Å². The van der Waals surface area contributed by atoms with E-state index in [9.17, 15) is 4.79 Å². The molecule has 0 saturated carbocycles. The molecule has 120 valence electrons. The molecule has 0 amide bonds. The number of rotatable bonds is 5. The van der Waals surface area contributed by atoms with Crippen molar-refractivity contribution in [1.29, 1.82) is 0 Å². The first kappa shape index (κ1) is 16.7. The van der Waals surface area contributed by atoms with Crippen molar-refractivity contribution in [2.45, 2.75) is 10.6 Å². The van der Waals surface area contributed by atoms with Crippen LogP contribution >= 0.6 is 24.4 Å². The van der Waals surface area contributed by atoms with E-state index in [0.29, 0.717) is 11.3 Å². The van der Waals surface area contributed by atoms with E-state index in [1.807, 2.05) is 54.6 Å². The van der Waals surface area contributed by atoms with Gasteiger partial charge in [0, 0.05) is 27.5 Å². The zero-order valence-corrected chi connectivity index (χ0v) is 14.7. The van der Waals surface area contributed by atoms with Gasteiger partial charge in [0.15, 0.2) is 0 Å². The van der Waals surface area contributed by atoms with Gasteiger partial charge in [0.1, 0.15) is 0 Å². The van der Waals surface area contributed by atoms with Crippen LogP contribution < -0.4 is 5.73 Å². The van der Waals surface area contributed by atoms with Crippen LogP contribution in [0.5, 0.6) is 0 Å². The van der Waals surface area contributed by atoms with Crippen molar-refractivity contribution in [3.05, 3.63) is 83.9 Å². The van der Waals surface area contributed by atoms with Crippen molar-refractivity contribution in [2.24, 2.45) is 0 Å². The van der Waals surface area contributed by atoms with Crippen molar-refractivity contribution < 1.29 is 4.79 Å². The minimum atomic E-state index is -0.275. The number of anilines is 1. The molecule has 0 aliphatic carbocycles. The molecule has 0 heterocycles. The summed E-state index contributed by atoms with van der Waals surface area (Å²) in [7, 11) is 0. The SMILES string of the molecule is Nc1cc(C(=O)S)cc(SCc2ccccc2)c1-c1ccccc1. The fourth-order valence-corrected chi connectivity index (χ4v) is 3.76. The first-order valence-corrected chi connectivity index (χ1v) is 8.97. The van der Waals surface area contributed by atoms with Gasteiger partial charge in [-0.3, -0.25) is 4.79 Å². The summed E-state index contributed by atoms with van der Waals surface area (Å²) in [6, 6.07) is 23.8. The predicted molar refractivity (Wildman–Crippen MR) is 106 cm³/mol. The lowest BCUT2D eigenvalue weighted by Crippen LogP contribution is -1.98. The summed E-state index contributed by atoms with van der Waals surface area (Å²) in [5.74, 6) is 0.810. The molecule has 3 aromatic rings. The lowest BCUT2D eigenvalue weighted by molar-refractivity contribution is 0.109. The van der Waals surface area contributed by atoms with Crippen molar-refractivity contribution in [3.8, 4) is 11.1 Å². The van der Waals surface area contributed by atoms with E-state index in [-0.39, 0.29) is 5.12 Å². The van der Waals surface area contributed by atoms with Gasteiger partial charge in [-0.25, -0.2) is 0 Å². The minimum absolute atomic E-state index is 0.275. The van der Waals surface area contributed by atoms with Crippen LogP contribution in [-0.2, 0) is 5.75 Å². The summed E-state index contributed by atoms with van der Waals surface area (Å²) >= 11 is 5.61. The van der Waals surface area contributed by atoms with Crippen LogP contribution in [0.2, 0.25) is 0 Å². The van der Waals surface area contributed by atoms with Crippen molar-refractivity contribution in [3.63, 3.8) is 0 Å². The topological polar surface area (TPSA) is 43.1 Å². The molecule has 3 aromatic carbocycles. The second-order valence-corrected chi connectivity index (χ2v) is 6.81. The number of nitrogen functional groups attached to an aromatic ring is 1. The molecule has 0 atom stereocenters. The van der Waals surface area contributed by atoms with Gasteiger partial charge in [0.25, 0.3) is 0 Å². The zero-order valence-electron chi connectivity index (χ0n) is 13.0. The van der Waals surface area contributed by atoms with Gasteiger partial charge in [-0.15, -0.1) is 24.4 Å². The van der Waals surface area contributed by atoms with E-state index >= 15 is 0 Å². The molecule has 2 N–H and O–H groups in total. The number of benzene rings is 3. The molecule has 0 fully saturated rings. The maximum absolute atomic E-state index is 11.7. The molecule has 0 spiro atoms. The third-order valence-corrected chi connectivity index (χ3v) is 5.05. The standard InChI is InChI=1S/C20H17NOS2/c21-17-11-16(20(22)23)12-18(19(17)15-9-5-2-6-10-15)24-13-14-7-3-1-4-8-14/h1-12H,13,21H2,(H,22,23).